The standard InChI is InChI=1S/C7H17N2/c1-4-9(3,5-2)7-6-8/h6,8H,4-5,7H2,1-3H3/q+1. The van der Waals surface area contributed by atoms with Crippen LogP contribution in [0.3, 0.4) is 0 Å². The average Bonchev–Trinajstić information content (AvgIpc) is 1.89. The van der Waals surface area contributed by atoms with Crippen LogP contribution in [0.25, 0.3) is 0 Å². The number of nitrogens with one attached hydrogen (secondary N) is 1. The molecule has 9 heavy (non-hydrogen) atoms. The Kier molecular flexibility index (Phi) is 3.47. The van der Waals surface area contributed by atoms with Gasteiger partial charge in [-0.05, 0) is 13.8 Å². The minimum absolute atomic E-state index is 0.868. The number of nitrogens with zero attached hydrogens (tertiary/aromatic N) is 1. The van der Waals surface area contributed by atoms with Gasteiger partial charge in [-0.1, -0.05) is 0 Å². The monoisotopic (exact) mass is 129 g/mol. The average molecular weight is 129 g/mol. The van der Waals surface area contributed by atoms with Crippen LogP contribution >= 0.6 is 0 Å². The highest BCUT2D eigenvalue weighted by molar-refractivity contribution is 5.53. The molecule has 0 aliphatic carbocycles. The van der Waals surface area contributed by atoms with Crippen LogP contribution in [0, 0.1) is 5.41 Å². The van der Waals surface area contributed by atoms with Crippen LogP contribution in [-0.4, -0.2) is 37.4 Å². The normalized spacial score (nSPS) is 11.4. The van der Waals surface area contributed by atoms with Gasteiger partial charge in [-0.15, -0.1) is 0 Å². The predicted octanol–water partition coefficient (Wildman–Crippen LogP) is 1.12. The van der Waals surface area contributed by atoms with Crippen molar-refractivity contribution in [3.63, 3.8) is 0 Å². The van der Waals surface area contributed by atoms with Crippen LogP contribution in [0.5, 0.6) is 0 Å². The van der Waals surface area contributed by atoms with Crippen molar-refractivity contribution in [3.05, 3.63) is 0 Å². The molecule has 1 N–H and O–H groups in total. The molecule has 0 saturated heterocycles. The van der Waals surface area contributed by atoms with Gasteiger partial charge in [0.2, 0.25) is 0 Å². The molecule has 0 saturated carbocycles. The summed E-state index contributed by atoms with van der Waals surface area (Å²) in [5, 5.41) is 6.92. The molecule has 0 bridgehead atoms. The fraction of sp³-hybridized carbons (Fsp3) is 0.857. The minimum Gasteiger partial charge on any atom is -0.322 e. The highest BCUT2D eigenvalue weighted by Crippen LogP contribution is 1.97. The van der Waals surface area contributed by atoms with Gasteiger partial charge in [0.1, 0.15) is 6.54 Å². The first-order valence-corrected chi connectivity index (χ1v) is 3.51. The van der Waals surface area contributed by atoms with Gasteiger partial charge in [0.05, 0.1) is 20.1 Å². The molecule has 0 spiro atoms. The van der Waals surface area contributed by atoms with Crippen molar-refractivity contribution in [1.29, 1.82) is 5.41 Å². The van der Waals surface area contributed by atoms with Crippen LogP contribution in [0.15, 0.2) is 0 Å². The number of rotatable bonds is 4. The zero-order valence-electron chi connectivity index (χ0n) is 6.65. The maximum absolute atomic E-state index is 6.92. The molecule has 0 aliphatic rings. The first-order chi connectivity index (χ1) is 4.18. The van der Waals surface area contributed by atoms with Crippen molar-refractivity contribution in [2.45, 2.75) is 13.8 Å². The number of hydrogen-bond donors (Lipinski definition) is 1. The summed E-state index contributed by atoms with van der Waals surface area (Å²) >= 11 is 0. The highest BCUT2D eigenvalue weighted by Gasteiger charge is 2.12. The van der Waals surface area contributed by atoms with Gasteiger partial charge in [0, 0.05) is 6.21 Å². The lowest BCUT2D eigenvalue weighted by atomic mass is 10.4. The maximum atomic E-state index is 6.92. The summed E-state index contributed by atoms with van der Waals surface area (Å²) in [6.07, 6.45) is 1.49. The molecular weight excluding hydrogens is 112 g/mol. The lowest BCUT2D eigenvalue weighted by Crippen LogP contribution is -2.44. The van der Waals surface area contributed by atoms with Gasteiger partial charge in [-0.2, -0.15) is 0 Å². The SMILES string of the molecule is CC[N+](C)(CC)CC=N. The largest absolute Gasteiger partial charge is 0.322 e. The third-order valence-electron chi connectivity index (χ3n) is 2.06. The molecular formula is C7H17N2+. The Balaban J connectivity index is 3.75. The predicted molar refractivity (Wildman–Crippen MR) is 40.9 cm³/mol. The van der Waals surface area contributed by atoms with E-state index in [4.69, 9.17) is 5.41 Å². The molecule has 0 aromatic carbocycles. The van der Waals surface area contributed by atoms with Crippen LogP contribution in [0.4, 0.5) is 0 Å². The summed E-state index contributed by atoms with van der Waals surface area (Å²) in [6.45, 7) is 7.42. The Hall–Kier alpha value is -0.370. The summed E-state index contributed by atoms with van der Waals surface area (Å²) < 4.78 is 0.990. The van der Waals surface area contributed by atoms with Crippen molar-refractivity contribution in [2.75, 3.05) is 26.7 Å². The van der Waals surface area contributed by atoms with Gasteiger partial charge in [0.15, 0.2) is 0 Å². The van der Waals surface area contributed by atoms with E-state index in [0.717, 1.165) is 24.1 Å². The topological polar surface area (TPSA) is 23.9 Å². The second kappa shape index (κ2) is 3.62. The van der Waals surface area contributed by atoms with E-state index in [9.17, 15) is 0 Å². The van der Waals surface area contributed by atoms with Crippen LogP contribution in [-0.2, 0) is 0 Å². The van der Waals surface area contributed by atoms with E-state index in [1.807, 2.05) is 0 Å². The Morgan fingerprint density at radius 3 is 1.89 bits per heavy atom. The van der Waals surface area contributed by atoms with Gasteiger partial charge < -0.3 is 9.89 Å². The Morgan fingerprint density at radius 2 is 1.78 bits per heavy atom. The summed E-state index contributed by atoms with van der Waals surface area (Å²) in [6, 6.07) is 0. The fourth-order valence-corrected chi connectivity index (χ4v) is 0.702. The van der Waals surface area contributed by atoms with Gasteiger partial charge in [-0.25, -0.2) is 0 Å². The van der Waals surface area contributed by atoms with Crippen LogP contribution < -0.4 is 0 Å². The Labute approximate surface area is 57.6 Å². The van der Waals surface area contributed by atoms with Gasteiger partial charge in [-0.3, -0.25) is 0 Å². The molecule has 0 rings (SSSR count). The van der Waals surface area contributed by atoms with Crippen LogP contribution in [0.2, 0.25) is 0 Å². The van der Waals surface area contributed by atoms with E-state index < -0.39 is 0 Å². The van der Waals surface area contributed by atoms with Crippen molar-refractivity contribution in [1.82, 2.24) is 0 Å². The zero-order valence-corrected chi connectivity index (χ0v) is 6.65. The maximum Gasteiger partial charge on any atom is 0.114 e. The number of quaternary nitrogens is 1. The molecule has 0 radical (unpaired) electrons. The van der Waals surface area contributed by atoms with E-state index in [1.165, 1.54) is 6.21 Å². The fourth-order valence-electron chi connectivity index (χ4n) is 0.702. The Morgan fingerprint density at radius 1 is 1.33 bits per heavy atom. The third kappa shape index (κ3) is 2.61. The number of hydrogen-bond acceptors (Lipinski definition) is 1. The lowest BCUT2D eigenvalue weighted by molar-refractivity contribution is -0.896. The molecule has 0 aromatic heterocycles. The first-order valence-electron chi connectivity index (χ1n) is 3.51. The molecule has 0 unspecified atom stereocenters. The molecule has 54 valence electrons. The molecule has 2 nitrogen and oxygen atoms in total. The summed E-state index contributed by atoms with van der Waals surface area (Å²) in [7, 11) is 2.17. The van der Waals surface area contributed by atoms with Gasteiger partial charge >= 0.3 is 0 Å². The van der Waals surface area contributed by atoms with E-state index in [0.29, 0.717) is 0 Å². The molecule has 0 aromatic rings. The molecule has 0 heterocycles. The first kappa shape index (κ1) is 8.63. The van der Waals surface area contributed by atoms with E-state index in [-0.39, 0.29) is 0 Å². The van der Waals surface area contributed by atoms with E-state index in [1.54, 1.807) is 0 Å². The smallest absolute Gasteiger partial charge is 0.114 e. The van der Waals surface area contributed by atoms with Crippen molar-refractivity contribution in [3.8, 4) is 0 Å². The summed E-state index contributed by atoms with van der Waals surface area (Å²) in [4.78, 5) is 0. The third-order valence-corrected chi connectivity index (χ3v) is 2.06. The van der Waals surface area contributed by atoms with Crippen LogP contribution in [0.1, 0.15) is 13.8 Å². The van der Waals surface area contributed by atoms with Crippen molar-refractivity contribution < 1.29 is 4.48 Å². The Bertz CT molecular complexity index is 84.9. The second-order valence-corrected chi connectivity index (χ2v) is 2.64. The highest BCUT2D eigenvalue weighted by atomic mass is 15.3. The molecule has 0 fully saturated rings. The summed E-state index contributed by atoms with van der Waals surface area (Å²) in [5.41, 5.74) is 0. The van der Waals surface area contributed by atoms with Crippen molar-refractivity contribution >= 4 is 6.21 Å². The zero-order chi connectivity index (χ0) is 7.33. The van der Waals surface area contributed by atoms with Crippen molar-refractivity contribution in [2.24, 2.45) is 0 Å². The molecule has 0 aliphatic heterocycles. The lowest BCUT2D eigenvalue weighted by Gasteiger charge is -2.30. The van der Waals surface area contributed by atoms with E-state index in [2.05, 4.69) is 20.9 Å². The molecule has 0 atom stereocenters. The quantitative estimate of drug-likeness (QED) is 0.434. The molecule has 2 heteroatoms. The van der Waals surface area contributed by atoms with E-state index >= 15 is 0 Å². The van der Waals surface area contributed by atoms with Gasteiger partial charge in [0.25, 0.3) is 0 Å². The summed E-state index contributed by atoms with van der Waals surface area (Å²) in [5.74, 6) is 0. The molecule has 0 amide bonds. The minimum atomic E-state index is 0.868. The second-order valence-electron chi connectivity index (χ2n) is 2.64.